The van der Waals surface area contributed by atoms with Crippen LogP contribution in [-0.2, 0) is 0 Å². The molecule has 1 aliphatic heterocycles. The molecule has 0 aromatic carbocycles. The quantitative estimate of drug-likeness (QED) is 0.584. The van der Waals surface area contributed by atoms with E-state index in [-0.39, 0.29) is 0 Å². The molecule has 0 bridgehead atoms. The number of hydrogen-bond acceptors (Lipinski definition) is 2. The molecule has 2 aliphatic rings. The van der Waals surface area contributed by atoms with Crippen LogP contribution in [0.1, 0.15) is 53.4 Å². The topological polar surface area (TPSA) is 6.48 Å². The molecule has 0 N–H and O–H groups in total. The maximum absolute atomic E-state index is 4.21. The Morgan fingerprint density at radius 1 is 1.33 bits per heavy atom. The maximum Gasteiger partial charge on any atom is 0.0306 e. The average Bonchev–Trinajstić information content (AvgIpc) is 3.17. The lowest BCUT2D eigenvalue weighted by molar-refractivity contribution is 0.173. The van der Waals surface area contributed by atoms with Gasteiger partial charge in [0.1, 0.15) is 0 Å². The molecule has 2 atom stereocenters. The summed E-state index contributed by atoms with van der Waals surface area (Å²) in [4.78, 5) is 5.02. The normalized spacial score (nSPS) is 28.3. The average molecular weight is 331 g/mol. The monoisotopic (exact) mass is 330 g/mol. The SMILES string of the molecule is C=C(C)CN(C/C=C1\CC1(C)C1CCN(C)CC1)C(CC)C(=C)C. The minimum atomic E-state index is 0.465. The largest absolute Gasteiger partial charge is 0.306 e. The van der Waals surface area contributed by atoms with Gasteiger partial charge < -0.3 is 4.90 Å². The summed E-state index contributed by atoms with van der Waals surface area (Å²) in [6.07, 6.45) is 7.68. The van der Waals surface area contributed by atoms with Crippen LogP contribution in [0.15, 0.2) is 36.0 Å². The van der Waals surface area contributed by atoms with Crippen molar-refractivity contribution in [3.05, 3.63) is 36.0 Å². The number of piperidine rings is 1. The lowest BCUT2D eigenvalue weighted by Crippen LogP contribution is -2.37. The summed E-state index contributed by atoms with van der Waals surface area (Å²) in [6, 6.07) is 0.465. The van der Waals surface area contributed by atoms with Gasteiger partial charge in [0.05, 0.1) is 0 Å². The summed E-state index contributed by atoms with van der Waals surface area (Å²) in [5, 5.41) is 0. The van der Waals surface area contributed by atoms with Crippen LogP contribution in [0.25, 0.3) is 0 Å². The van der Waals surface area contributed by atoms with E-state index < -0.39 is 0 Å². The van der Waals surface area contributed by atoms with Gasteiger partial charge in [-0.1, -0.05) is 49.8 Å². The number of allylic oxidation sites excluding steroid dienone is 1. The lowest BCUT2D eigenvalue weighted by Gasteiger charge is -2.33. The second-order valence-electron chi connectivity index (χ2n) is 8.56. The standard InChI is InChI=1S/C22H38N2/c1-8-21(18(4)5)24(16-17(2)3)14-11-20-15-22(20,6)19-9-12-23(7)13-10-19/h11,19,21H,2,4,8-10,12-16H2,1,3,5-7H3/b20-11+. The van der Waals surface area contributed by atoms with Gasteiger partial charge in [0.15, 0.2) is 0 Å². The fraction of sp³-hybridized carbons (Fsp3) is 0.727. The summed E-state index contributed by atoms with van der Waals surface area (Å²) in [5.74, 6) is 0.887. The molecule has 2 heteroatoms. The van der Waals surface area contributed by atoms with Crippen LogP contribution in [0.4, 0.5) is 0 Å². The zero-order valence-electron chi connectivity index (χ0n) is 16.7. The Morgan fingerprint density at radius 3 is 2.46 bits per heavy atom. The maximum atomic E-state index is 4.21. The van der Waals surface area contributed by atoms with Crippen LogP contribution in [0.3, 0.4) is 0 Å². The molecule has 1 saturated carbocycles. The highest BCUT2D eigenvalue weighted by Crippen LogP contribution is 2.59. The molecular weight excluding hydrogens is 292 g/mol. The van der Waals surface area contributed by atoms with E-state index in [1.54, 1.807) is 5.57 Å². The first kappa shape index (κ1) is 19.5. The third kappa shape index (κ3) is 4.61. The molecule has 1 heterocycles. The van der Waals surface area contributed by atoms with Gasteiger partial charge in [-0.25, -0.2) is 0 Å². The van der Waals surface area contributed by atoms with Gasteiger partial charge in [-0.05, 0) is 71.0 Å². The van der Waals surface area contributed by atoms with E-state index in [4.69, 9.17) is 0 Å². The number of rotatable bonds is 8. The molecule has 0 spiro atoms. The molecular formula is C22H38N2. The van der Waals surface area contributed by atoms with Gasteiger partial charge in [0.25, 0.3) is 0 Å². The lowest BCUT2D eigenvalue weighted by atomic mass is 9.82. The fourth-order valence-corrected chi connectivity index (χ4v) is 4.50. The van der Waals surface area contributed by atoms with E-state index in [9.17, 15) is 0 Å². The first-order valence-corrected chi connectivity index (χ1v) is 9.69. The predicted molar refractivity (Wildman–Crippen MR) is 106 cm³/mol. The summed E-state index contributed by atoms with van der Waals surface area (Å²) in [7, 11) is 2.25. The minimum absolute atomic E-state index is 0.465. The first-order chi connectivity index (χ1) is 11.3. The van der Waals surface area contributed by atoms with Crippen molar-refractivity contribution in [2.24, 2.45) is 11.3 Å². The highest BCUT2D eigenvalue weighted by atomic mass is 15.1. The van der Waals surface area contributed by atoms with Crippen LogP contribution in [0, 0.1) is 11.3 Å². The second kappa shape index (κ2) is 8.01. The molecule has 24 heavy (non-hydrogen) atoms. The summed E-state index contributed by atoms with van der Waals surface area (Å²) >= 11 is 0. The molecule has 136 valence electrons. The van der Waals surface area contributed by atoms with Crippen molar-refractivity contribution < 1.29 is 0 Å². The van der Waals surface area contributed by atoms with Gasteiger partial charge in [-0.2, -0.15) is 0 Å². The van der Waals surface area contributed by atoms with Crippen molar-refractivity contribution in [3.63, 3.8) is 0 Å². The molecule has 1 saturated heterocycles. The molecule has 0 aromatic heterocycles. The Hall–Kier alpha value is -0.860. The Labute approximate surface area is 150 Å². The smallest absolute Gasteiger partial charge is 0.0306 e. The Kier molecular flexibility index (Phi) is 6.50. The van der Waals surface area contributed by atoms with Crippen LogP contribution >= 0.6 is 0 Å². The molecule has 0 aromatic rings. The molecule has 2 fully saturated rings. The van der Waals surface area contributed by atoms with Gasteiger partial charge >= 0.3 is 0 Å². The van der Waals surface area contributed by atoms with Crippen LogP contribution in [-0.4, -0.2) is 49.1 Å². The van der Waals surface area contributed by atoms with E-state index in [1.165, 1.54) is 43.5 Å². The van der Waals surface area contributed by atoms with Crippen molar-refractivity contribution in [2.45, 2.75) is 59.4 Å². The van der Waals surface area contributed by atoms with Crippen LogP contribution in [0.5, 0.6) is 0 Å². The zero-order valence-corrected chi connectivity index (χ0v) is 16.7. The van der Waals surface area contributed by atoms with Crippen molar-refractivity contribution in [2.75, 3.05) is 33.2 Å². The van der Waals surface area contributed by atoms with Gasteiger partial charge in [0, 0.05) is 19.1 Å². The highest BCUT2D eigenvalue weighted by molar-refractivity contribution is 5.33. The zero-order chi connectivity index (χ0) is 17.9. The molecule has 1 aliphatic carbocycles. The van der Waals surface area contributed by atoms with Crippen molar-refractivity contribution >= 4 is 0 Å². The van der Waals surface area contributed by atoms with E-state index >= 15 is 0 Å². The Morgan fingerprint density at radius 2 is 1.96 bits per heavy atom. The molecule has 2 unspecified atom stereocenters. The van der Waals surface area contributed by atoms with Gasteiger partial charge in [-0.15, -0.1) is 0 Å². The second-order valence-corrected chi connectivity index (χ2v) is 8.56. The predicted octanol–water partition coefficient (Wildman–Crippen LogP) is 4.90. The number of likely N-dealkylation sites (tertiary alicyclic amines) is 1. The Balaban J connectivity index is 1.99. The molecule has 2 nitrogen and oxygen atoms in total. The molecule has 0 amide bonds. The molecule has 0 radical (unpaired) electrons. The van der Waals surface area contributed by atoms with E-state index in [2.05, 4.69) is 63.8 Å². The summed E-state index contributed by atoms with van der Waals surface area (Å²) in [5.41, 5.74) is 4.69. The van der Waals surface area contributed by atoms with Crippen LogP contribution in [0.2, 0.25) is 0 Å². The van der Waals surface area contributed by atoms with Crippen molar-refractivity contribution in [3.8, 4) is 0 Å². The van der Waals surface area contributed by atoms with Gasteiger partial charge in [0.2, 0.25) is 0 Å². The van der Waals surface area contributed by atoms with E-state index in [0.717, 1.165) is 25.4 Å². The minimum Gasteiger partial charge on any atom is -0.306 e. The van der Waals surface area contributed by atoms with Crippen molar-refractivity contribution in [1.82, 2.24) is 9.80 Å². The van der Waals surface area contributed by atoms with Crippen LogP contribution < -0.4 is 0 Å². The first-order valence-electron chi connectivity index (χ1n) is 9.69. The van der Waals surface area contributed by atoms with E-state index in [1.807, 2.05) is 0 Å². The highest BCUT2D eigenvalue weighted by Gasteiger charge is 2.50. The number of nitrogens with zero attached hydrogens (tertiary/aromatic N) is 2. The third-order valence-electron chi connectivity index (χ3n) is 6.23. The summed E-state index contributed by atoms with van der Waals surface area (Å²) in [6.45, 7) is 21.9. The third-order valence-corrected chi connectivity index (χ3v) is 6.23. The summed E-state index contributed by atoms with van der Waals surface area (Å²) < 4.78 is 0. The molecule has 2 rings (SSSR count). The van der Waals surface area contributed by atoms with Gasteiger partial charge in [-0.3, -0.25) is 4.90 Å². The van der Waals surface area contributed by atoms with E-state index in [0.29, 0.717) is 11.5 Å². The number of hydrogen-bond donors (Lipinski definition) is 0. The van der Waals surface area contributed by atoms with Crippen molar-refractivity contribution in [1.29, 1.82) is 0 Å². The fourth-order valence-electron chi connectivity index (χ4n) is 4.50. The Bertz CT molecular complexity index is 496.